The number of carbonyl (C=O) groups excluding carboxylic acids is 1. The first kappa shape index (κ1) is 21.6. The van der Waals surface area contributed by atoms with E-state index in [1.165, 1.54) is 7.11 Å². The lowest BCUT2D eigenvalue weighted by atomic mass is 9.89. The van der Waals surface area contributed by atoms with Crippen molar-refractivity contribution in [3.05, 3.63) is 64.6 Å². The first-order valence-corrected chi connectivity index (χ1v) is 10.4. The van der Waals surface area contributed by atoms with Gasteiger partial charge in [-0.05, 0) is 24.6 Å². The number of fused-ring (bicyclic) bond motifs is 2. The second-order valence-corrected chi connectivity index (χ2v) is 8.20. The molecular formula is C22H18ClF3N4O3. The molecule has 172 valence electrons. The molecule has 0 bridgehead atoms. The molecule has 5 rings (SSSR count). The highest BCUT2D eigenvalue weighted by molar-refractivity contribution is 6.33. The molecule has 2 aliphatic rings. The number of nitrogens with zero attached hydrogens (tertiary/aromatic N) is 2. The van der Waals surface area contributed by atoms with Gasteiger partial charge >= 0.3 is 6.18 Å². The van der Waals surface area contributed by atoms with Gasteiger partial charge in [-0.25, -0.2) is 15.4 Å². The molecule has 33 heavy (non-hydrogen) atoms. The first-order chi connectivity index (χ1) is 15.7. The summed E-state index contributed by atoms with van der Waals surface area (Å²) in [5, 5.41) is 4.34. The monoisotopic (exact) mass is 478 g/mol. The Bertz CT molecular complexity index is 1280. The standard InChI is InChI=1S/C22H18ClF3N4O3/c1-10-14(20-28-16-13(33-20)9-8-12(23)17(16)32-2)21(31)30-19(27-10)15(11-6-4-3-5-7-11)18(29-30)22(24,25)26/h3-9,15,18-19,27,29H,1-2H3. The van der Waals surface area contributed by atoms with Crippen molar-refractivity contribution < 1.29 is 27.1 Å². The maximum Gasteiger partial charge on any atom is 0.406 e. The number of amides is 1. The maximum absolute atomic E-state index is 13.9. The molecule has 0 spiro atoms. The highest BCUT2D eigenvalue weighted by Crippen LogP contribution is 2.43. The number of nitrogens with one attached hydrogen (secondary N) is 2. The van der Waals surface area contributed by atoms with Crippen LogP contribution in [0.5, 0.6) is 5.75 Å². The maximum atomic E-state index is 13.9. The Morgan fingerprint density at radius 2 is 1.91 bits per heavy atom. The van der Waals surface area contributed by atoms with Crippen LogP contribution >= 0.6 is 11.6 Å². The number of benzene rings is 2. The molecule has 3 unspecified atom stereocenters. The summed E-state index contributed by atoms with van der Waals surface area (Å²) in [4.78, 5) is 17.8. The quantitative estimate of drug-likeness (QED) is 0.587. The molecule has 3 atom stereocenters. The fourth-order valence-electron chi connectivity index (χ4n) is 4.39. The van der Waals surface area contributed by atoms with Crippen LogP contribution in [0.3, 0.4) is 0 Å². The summed E-state index contributed by atoms with van der Waals surface area (Å²) in [6.07, 6.45) is -5.54. The largest absolute Gasteiger partial charge is 0.493 e. The number of carbonyl (C=O) groups is 1. The van der Waals surface area contributed by atoms with E-state index in [-0.39, 0.29) is 17.2 Å². The van der Waals surface area contributed by atoms with E-state index in [2.05, 4.69) is 15.7 Å². The van der Waals surface area contributed by atoms with Crippen LogP contribution in [0.25, 0.3) is 16.7 Å². The number of ether oxygens (including phenoxy) is 1. The minimum atomic E-state index is -4.59. The van der Waals surface area contributed by atoms with Gasteiger partial charge in [-0.15, -0.1) is 0 Å². The predicted molar refractivity (Wildman–Crippen MR) is 114 cm³/mol. The van der Waals surface area contributed by atoms with Crippen molar-refractivity contribution in [2.45, 2.75) is 31.2 Å². The Labute approximate surface area is 191 Å². The number of hydrogen-bond acceptors (Lipinski definition) is 6. The zero-order chi connectivity index (χ0) is 23.5. The van der Waals surface area contributed by atoms with Gasteiger partial charge in [-0.2, -0.15) is 13.2 Å². The fraction of sp³-hybridized carbons (Fsp3) is 0.273. The molecule has 1 fully saturated rings. The second-order valence-electron chi connectivity index (χ2n) is 7.80. The molecule has 1 amide bonds. The summed E-state index contributed by atoms with van der Waals surface area (Å²) < 4.78 is 52.9. The van der Waals surface area contributed by atoms with E-state index < -0.39 is 30.2 Å². The highest BCUT2D eigenvalue weighted by atomic mass is 35.5. The van der Waals surface area contributed by atoms with Crippen molar-refractivity contribution in [3.8, 4) is 5.75 Å². The zero-order valence-electron chi connectivity index (χ0n) is 17.4. The van der Waals surface area contributed by atoms with E-state index in [1.807, 2.05) is 0 Å². The van der Waals surface area contributed by atoms with Crippen molar-refractivity contribution in [1.29, 1.82) is 0 Å². The van der Waals surface area contributed by atoms with E-state index in [0.29, 0.717) is 27.4 Å². The van der Waals surface area contributed by atoms with Crippen LogP contribution in [0, 0.1) is 0 Å². The third-order valence-corrected chi connectivity index (χ3v) is 6.15. The molecule has 3 aromatic rings. The van der Waals surface area contributed by atoms with Gasteiger partial charge in [0, 0.05) is 5.70 Å². The Kier molecular flexibility index (Phi) is 5.02. The number of alkyl halides is 3. The Balaban J connectivity index is 1.59. The molecule has 0 saturated carbocycles. The van der Waals surface area contributed by atoms with Crippen molar-refractivity contribution >= 4 is 34.2 Å². The van der Waals surface area contributed by atoms with Gasteiger partial charge in [0.25, 0.3) is 5.91 Å². The molecule has 1 saturated heterocycles. The number of rotatable bonds is 3. The summed E-state index contributed by atoms with van der Waals surface area (Å²) in [5.74, 6) is -1.51. The van der Waals surface area contributed by atoms with Gasteiger partial charge in [0.2, 0.25) is 5.89 Å². The third kappa shape index (κ3) is 3.41. The molecule has 0 aliphatic carbocycles. The number of hydrazine groups is 1. The molecule has 2 aromatic carbocycles. The van der Waals surface area contributed by atoms with Crippen molar-refractivity contribution in [1.82, 2.24) is 20.7 Å². The van der Waals surface area contributed by atoms with E-state index in [9.17, 15) is 18.0 Å². The average molecular weight is 479 g/mol. The molecule has 3 heterocycles. The van der Waals surface area contributed by atoms with Crippen LogP contribution in [-0.2, 0) is 4.79 Å². The number of halogens is 4. The van der Waals surface area contributed by atoms with E-state index in [0.717, 1.165) is 5.01 Å². The SMILES string of the molecule is COc1c(Cl)ccc2oc(C3=C(C)NC4C(c5ccccc5)C(C(F)(F)F)NN4C3=O)nc12. The first-order valence-electron chi connectivity index (χ1n) is 10.0. The van der Waals surface area contributed by atoms with Crippen LogP contribution in [0.15, 0.2) is 52.6 Å². The van der Waals surface area contributed by atoms with Crippen LogP contribution in [-0.4, -0.2) is 41.4 Å². The number of aromatic nitrogens is 1. The Hall–Kier alpha value is -3.24. The molecule has 2 aliphatic heterocycles. The summed E-state index contributed by atoms with van der Waals surface area (Å²) in [6.45, 7) is 1.60. The van der Waals surface area contributed by atoms with Gasteiger partial charge in [0.15, 0.2) is 16.8 Å². The summed E-state index contributed by atoms with van der Waals surface area (Å²) in [5.41, 5.74) is 3.82. The summed E-state index contributed by atoms with van der Waals surface area (Å²) in [6, 6.07) is 9.48. The van der Waals surface area contributed by atoms with Gasteiger partial charge in [0.1, 0.15) is 17.8 Å². The number of oxazole rings is 1. The third-order valence-electron chi connectivity index (χ3n) is 5.85. The minimum Gasteiger partial charge on any atom is -0.493 e. The Morgan fingerprint density at radius 1 is 1.18 bits per heavy atom. The second kappa shape index (κ2) is 7.67. The summed E-state index contributed by atoms with van der Waals surface area (Å²) >= 11 is 6.14. The Morgan fingerprint density at radius 3 is 2.58 bits per heavy atom. The number of methoxy groups -OCH3 is 1. The molecular weight excluding hydrogens is 461 g/mol. The lowest BCUT2D eigenvalue weighted by Gasteiger charge is -2.34. The number of allylic oxidation sites excluding steroid dienone is 1. The predicted octanol–water partition coefficient (Wildman–Crippen LogP) is 4.21. The van der Waals surface area contributed by atoms with E-state index >= 15 is 0 Å². The zero-order valence-corrected chi connectivity index (χ0v) is 18.2. The minimum absolute atomic E-state index is 0.0164. The average Bonchev–Trinajstić information content (AvgIpc) is 3.36. The normalized spacial score (nSPS) is 23.2. The van der Waals surface area contributed by atoms with Gasteiger partial charge in [0.05, 0.1) is 18.1 Å². The van der Waals surface area contributed by atoms with E-state index in [4.69, 9.17) is 20.8 Å². The lowest BCUT2D eigenvalue weighted by Crippen LogP contribution is -2.54. The van der Waals surface area contributed by atoms with Crippen LogP contribution in [0.1, 0.15) is 24.3 Å². The van der Waals surface area contributed by atoms with Crippen LogP contribution in [0.2, 0.25) is 5.02 Å². The molecule has 2 N–H and O–H groups in total. The van der Waals surface area contributed by atoms with Gasteiger partial charge in [-0.3, -0.25) is 4.79 Å². The van der Waals surface area contributed by atoms with E-state index in [1.54, 1.807) is 49.4 Å². The lowest BCUT2D eigenvalue weighted by molar-refractivity contribution is -0.161. The molecule has 0 radical (unpaired) electrons. The van der Waals surface area contributed by atoms with Gasteiger partial charge in [-0.1, -0.05) is 41.9 Å². The van der Waals surface area contributed by atoms with Crippen molar-refractivity contribution in [2.75, 3.05) is 7.11 Å². The topological polar surface area (TPSA) is 79.6 Å². The van der Waals surface area contributed by atoms with Crippen LogP contribution < -0.4 is 15.5 Å². The molecule has 11 heteroatoms. The molecule has 7 nitrogen and oxygen atoms in total. The number of hydrogen-bond donors (Lipinski definition) is 2. The van der Waals surface area contributed by atoms with Crippen LogP contribution in [0.4, 0.5) is 13.2 Å². The highest BCUT2D eigenvalue weighted by Gasteiger charge is 2.58. The van der Waals surface area contributed by atoms with Crippen molar-refractivity contribution in [2.24, 2.45) is 0 Å². The summed E-state index contributed by atoms with van der Waals surface area (Å²) in [7, 11) is 1.42. The fourth-order valence-corrected chi connectivity index (χ4v) is 4.62. The van der Waals surface area contributed by atoms with Gasteiger partial charge < -0.3 is 14.5 Å². The van der Waals surface area contributed by atoms with Crippen molar-refractivity contribution in [3.63, 3.8) is 0 Å². The smallest absolute Gasteiger partial charge is 0.406 e. The molecule has 1 aromatic heterocycles.